The molecule has 0 unspecified atom stereocenters. The average Bonchev–Trinajstić information content (AvgIpc) is 1.80. The second-order valence-electron chi connectivity index (χ2n) is 1.69. The van der Waals surface area contributed by atoms with Gasteiger partial charge in [0.15, 0.2) is 0 Å². The van der Waals surface area contributed by atoms with Crippen molar-refractivity contribution in [3.05, 3.63) is 23.2 Å². The number of hydrogen-bond acceptors (Lipinski definition) is 2. The van der Waals surface area contributed by atoms with Crippen LogP contribution >= 0.6 is 11.6 Å². The molecule has 0 aliphatic rings. The van der Waals surface area contributed by atoms with Gasteiger partial charge in [-0.05, 0) is 12.1 Å². The molecule has 9 heavy (non-hydrogen) atoms. The number of benzene rings is 1. The Morgan fingerprint density at radius 3 is 2.56 bits per heavy atom. The molecule has 0 aliphatic carbocycles. The van der Waals surface area contributed by atoms with Gasteiger partial charge in [-0.2, -0.15) is 0 Å². The summed E-state index contributed by atoms with van der Waals surface area (Å²) in [6.45, 7) is 0. The van der Waals surface area contributed by atoms with E-state index in [2.05, 4.69) is 6.07 Å². The Balaban J connectivity index is 3.17. The fourth-order valence-electron chi connectivity index (χ4n) is 0.508. The lowest BCUT2D eigenvalue weighted by Crippen LogP contribution is -1.89. The van der Waals surface area contributed by atoms with E-state index in [1.807, 2.05) is 0 Å². The SMILES string of the molecule is Nc1[c]cc(Cl)c(N)c1. The molecule has 1 radical (unpaired) electrons. The highest BCUT2D eigenvalue weighted by Gasteiger charge is 1.93. The quantitative estimate of drug-likeness (QED) is 0.536. The lowest BCUT2D eigenvalue weighted by molar-refractivity contribution is 1.65. The van der Waals surface area contributed by atoms with Crippen molar-refractivity contribution in [2.24, 2.45) is 0 Å². The first-order valence-corrected chi connectivity index (χ1v) is 2.80. The minimum absolute atomic E-state index is 0.490. The minimum Gasteiger partial charge on any atom is -0.398 e. The van der Waals surface area contributed by atoms with E-state index < -0.39 is 0 Å². The highest BCUT2D eigenvalue weighted by molar-refractivity contribution is 6.33. The number of halogens is 1. The summed E-state index contributed by atoms with van der Waals surface area (Å²) in [6, 6.07) is 5.83. The molecule has 0 aliphatic heterocycles. The molecule has 0 saturated carbocycles. The minimum atomic E-state index is 0.490. The van der Waals surface area contributed by atoms with Gasteiger partial charge in [0.25, 0.3) is 0 Å². The molecule has 0 spiro atoms. The molecule has 0 fully saturated rings. The second kappa shape index (κ2) is 2.15. The molecule has 0 aromatic heterocycles. The maximum atomic E-state index is 5.57. The van der Waals surface area contributed by atoms with Gasteiger partial charge in [-0.1, -0.05) is 11.6 Å². The van der Waals surface area contributed by atoms with Crippen molar-refractivity contribution in [1.82, 2.24) is 0 Å². The predicted octanol–water partition coefficient (Wildman–Crippen LogP) is 1.30. The summed E-state index contributed by atoms with van der Waals surface area (Å²) < 4.78 is 0. The van der Waals surface area contributed by atoms with Crippen molar-refractivity contribution in [2.45, 2.75) is 0 Å². The highest BCUT2D eigenvalue weighted by Crippen LogP contribution is 2.19. The summed E-state index contributed by atoms with van der Waals surface area (Å²) in [5, 5.41) is 0.490. The molecular weight excluding hydrogens is 136 g/mol. The topological polar surface area (TPSA) is 52.0 Å². The van der Waals surface area contributed by atoms with E-state index in [9.17, 15) is 0 Å². The number of anilines is 2. The zero-order valence-electron chi connectivity index (χ0n) is 4.69. The van der Waals surface area contributed by atoms with E-state index in [0.717, 1.165) is 0 Å². The first kappa shape index (κ1) is 6.23. The fraction of sp³-hybridized carbons (Fsp3) is 0. The summed E-state index contributed by atoms with van der Waals surface area (Å²) >= 11 is 5.57. The number of nitrogen functional groups attached to an aromatic ring is 2. The van der Waals surface area contributed by atoms with Crippen LogP contribution in [0.4, 0.5) is 11.4 Å². The Bertz CT molecular complexity index is 222. The Labute approximate surface area is 58.4 Å². The van der Waals surface area contributed by atoms with E-state index in [4.69, 9.17) is 23.1 Å². The lowest BCUT2D eigenvalue weighted by atomic mass is 10.3. The molecule has 0 atom stereocenters. The Hall–Kier alpha value is -0.890. The molecule has 4 N–H and O–H groups in total. The third-order valence-corrected chi connectivity index (χ3v) is 1.28. The lowest BCUT2D eigenvalue weighted by Gasteiger charge is -1.95. The Kier molecular flexibility index (Phi) is 1.49. The normalized spacial score (nSPS) is 9.44. The summed E-state index contributed by atoms with van der Waals surface area (Å²) in [4.78, 5) is 0. The van der Waals surface area contributed by atoms with Crippen LogP contribution in [0, 0.1) is 6.07 Å². The summed E-state index contributed by atoms with van der Waals surface area (Å²) in [7, 11) is 0. The van der Waals surface area contributed by atoms with Crippen LogP contribution in [0.1, 0.15) is 0 Å². The van der Waals surface area contributed by atoms with Crippen molar-refractivity contribution in [3.63, 3.8) is 0 Å². The molecule has 1 aromatic rings. The molecule has 1 rings (SSSR count). The average molecular weight is 142 g/mol. The third-order valence-electron chi connectivity index (χ3n) is 0.952. The van der Waals surface area contributed by atoms with Crippen molar-refractivity contribution in [1.29, 1.82) is 0 Å². The van der Waals surface area contributed by atoms with Crippen LogP contribution in [0.2, 0.25) is 5.02 Å². The van der Waals surface area contributed by atoms with Gasteiger partial charge < -0.3 is 11.5 Å². The largest absolute Gasteiger partial charge is 0.398 e. The molecule has 0 heterocycles. The Morgan fingerprint density at radius 1 is 1.44 bits per heavy atom. The van der Waals surface area contributed by atoms with Gasteiger partial charge >= 0.3 is 0 Å². The van der Waals surface area contributed by atoms with Crippen LogP contribution in [-0.2, 0) is 0 Å². The van der Waals surface area contributed by atoms with Gasteiger partial charge in [0.05, 0.1) is 10.7 Å². The second-order valence-corrected chi connectivity index (χ2v) is 2.10. The highest BCUT2D eigenvalue weighted by atomic mass is 35.5. The molecule has 0 bridgehead atoms. The molecule has 3 heteroatoms. The van der Waals surface area contributed by atoms with Crippen LogP contribution in [0.15, 0.2) is 12.1 Å². The van der Waals surface area contributed by atoms with Crippen molar-refractivity contribution < 1.29 is 0 Å². The van der Waals surface area contributed by atoms with Crippen molar-refractivity contribution in [2.75, 3.05) is 11.5 Å². The molecule has 0 amide bonds. The van der Waals surface area contributed by atoms with Crippen LogP contribution in [0.5, 0.6) is 0 Å². The maximum Gasteiger partial charge on any atom is 0.0643 e. The van der Waals surface area contributed by atoms with E-state index in [1.54, 1.807) is 12.1 Å². The zero-order chi connectivity index (χ0) is 6.85. The molecular formula is C6H6ClN2. The van der Waals surface area contributed by atoms with Gasteiger partial charge in [0.1, 0.15) is 0 Å². The predicted molar refractivity (Wildman–Crippen MR) is 39.1 cm³/mol. The molecule has 0 saturated heterocycles. The summed E-state index contributed by atoms with van der Waals surface area (Å²) in [5.41, 5.74) is 11.7. The number of nitrogens with two attached hydrogens (primary N) is 2. The van der Waals surface area contributed by atoms with Gasteiger partial charge in [-0.15, -0.1) is 0 Å². The van der Waals surface area contributed by atoms with Gasteiger partial charge in [-0.3, -0.25) is 0 Å². The number of hydrogen-bond donors (Lipinski definition) is 2. The van der Waals surface area contributed by atoms with Gasteiger partial charge in [0.2, 0.25) is 0 Å². The van der Waals surface area contributed by atoms with E-state index in [0.29, 0.717) is 16.4 Å². The molecule has 1 aromatic carbocycles. The van der Waals surface area contributed by atoms with Crippen LogP contribution in [-0.4, -0.2) is 0 Å². The molecule has 47 valence electrons. The van der Waals surface area contributed by atoms with Crippen LogP contribution < -0.4 is 11.5 Å². The van der Waals surface area contributed by atoms with Crippen LogP contribution in [0.25, 0.3) is 0 Å². The summed E-state index contributed by atoms with van der Waals surface area (Å²) in [5.74, 6) is 0. The van der Waals surface area contributed by atoms with E-state index in [-0.39, 0.29) is 0 Å². The first-order chi connectivity index (χ1) is 4.20. The van der Waals surface area contributed by atoms with Crippen molar-refractivity contribution >= 4 is 23.0 Å². The maximum absolute atomic E-state index is 5.57. The molecule has 2 nitrogen and oxygen atoms in total. The van der Waals surface area contributed by atoms with Crippen molar-refractivity contribution in [3.8, 4) is 0 Å². The first-order valence-electron chi connectivity index (χ1n) is 2.42. The Morgan fingerprint density at radius 2 is 2.11 bits per heavy atom. The number of rotatable bonds is 0. The van der Waals surface area contributed by atoms with Gasteiger partial charge in [0, 0.05) is 11.8 Å². The van der Waals surface area contributed by atoms with Gasteiger partial charge in [-0.25, -0.2) is 0 Å². The third kappa shape index (κ3) is 1.27. The summed E-state index contributed by atoms with van der Waals surface area (Å²) in [6.07, 6.45) is 0. The standard InChI is InChI=1S/C6H6ClN2/c7-5-2-1-4(8)3-6(5)9/h2-3H,8-9H2. The fourth-order valence-corrected chi connectivity index (χ4v) is 0.617. The van der Waals surface area contributed by atoms with Crippen LogP contribution in [0.3, 0.4) is 0 Å². The monoisotopic (exact) mass is 141 g/mol. The smallest absolute Gasteiger partial charge is 0.0643 e. The van der Waals surface area contributed by atoms with E-state index in [1.165, 1.54) is 0 Å². The zero-order valence-corrected chi connectivity index (χ0v) is 5.44. The van der Waals surface area contributed by atoms with E-state index >= 15 is 0 Å².